The second-order valence-corrected chi connectivity index (χ2v) is 7.02. The summed E-state index contributed by atoms with van der Waals surface area (Å²) in [6.45, 7) is 2.79. The predicted octanol–water partition coefficient (Wildman–Crippen LogP) is 1.13. The number of rotatable bonds is 5. The fraction of sp³-hybridized carbons (Fsp3) is 1.00. The fourth-order valence-electron chi connectivity index (χ4n) is 2.38. The average molecular weight is 266 g/mol. The van der Waals surface area contributed by atoms with E-state index in [2.05, 4.69) is 0 Å². The maximum Gasteiger partial charge on any atom is 0.211 e. The number of piperidine rings is 1. The van der Waals surface area contributed by atoms with Gasteiger partial charge in [-0.3, -0.25) is 0 Å². The van der Waals surface area contributed by atoms with Gasteiger partial charge in [0, 0.05) is 19.6 Å². The molecule has 0 radical (unpaired) electrons. The predicted molar refractivity (Wildman–Crippen MR) is 66.9 cm³/mol. The first-order valence-electron chi connectivity index (χ1n) is 6.15. The second kappa shape index (κ2) is 5.63. The summed E-state index contributed by atoms with van der Waals surface area (Å²) in [5.41, 5.74) is 4.11. The molecule has 1 heterocycles. The van der Waals surface area contributed by atoms with Gasteiger partial charge < -0.3 is 5.73 Å². The van der Waals surface area contributed by atoms with E-state index >= 15 is 0 Å². The minimum Gasteiger partial charge on any atom is -0.328 e. The monoisotopic (exact) mass is 266 g/mol. The van der Waals surface area contributed by atoms with Crippen molar-refractivity contribution in [1.29, 1.82) is 0 Å². The van der Waals surface area contributed by atoms with Crippen molar-refractivity contribution in [3.63, 3.8) is 0 Å². The van der Waals surface area contributed by atoms with Gasteiger partial charge in [-0.15, -0.1) is 0 Å². The van der Waals surface area contributed by atoms with Crippen molar-refractivity contribution < 1.29 is 12.8 Å². The Morgan fingerprint density at radius 3 is 2.65 bits per heavy atom. The first kappa shape index (κ1) is 14.9. The molecule has 0 amide bonds. The van der Waals surface area contributed by atoms with E-state index in [1.807, 2.05) is 0 Å². The molecule has 1 fully saturated rings. The molecule has 2 N–H and O–H groups in total. The number of nitrogens with two attached hydrogens (primary N) is 1. The highest BCUT2D eigenvalue weighted by Crippen LogP contribution is 2.30. The summed E-state index contributed by atoms with van der Waals surface area (Å²) < 4.78 is 38.5. The first-order valence-corrected chi connectivity index (χ1v) is 7.99. The van der Waals surface area contributed by atoms with Crippen molar-refractivity contribution >= 4 is 10.0 Å². The maximum atomic E-state index is 14.2. The summed E-state index contributed by atoms with van der Waals surface area (Å²) in [6.07, 6.45) is 3.66. The summed E-state index contributed by atoms with van der Waals surface area (Å²) in [5, 5.41) is 0. The molecule has 0 spiro atoms. The van der Waals surface area contributed by atoms with E-state index in [1.165, 1.54) is 10.6 Å². The van der Waals surface area contributed by atoms with Crippen LogP contribution in [0.2, 0.25) is 0 Å². The highest BCUT2D eigenvalue weighted by Gasteiger charge is 2.33. The van der Waals surface area contributed by atoms with E-state index in [0.717, 1.165) is 12.8 Å². The molecule has 0 aromatic rings. The van der Waals surface area contributed by atoms with Crippen molar-refractivity contribution in [1.82, 2.24) is 4.31 Å². The highest BCUT2D eigenvalue weighted by atomic mass is 32.2. The minimum absolute atomic E-state index is 0.0128. The zero-order chi connectivity index (χ0) is 13.1. The molecule has 0 saturated carbocycles. The van der Waals surface area contributed by atoms with Crippen LogP contribution in [-0.4, -0.2) is 44.3 Å². The molecule has 6 heteroatoms. The zero-order valence-corrected chi connectivity index (χ0v) is 11.5. The number of alkyl halides is 1. The van der Waals surface area contributed by atoms with Crippen LogP contribution in [0.15, 0.2) is 0 Å². The molecule has 1 rings (SSSR count). The molecule has 1 aliphatic rings. The number of hydrogen-bond donors (Lipinski definition) is 1. The molecule has 4 nitrogen and oxygen atoms in total. The summed E-state index contributed by atoms with van der Waals surface area (Å²) >= 11 is 0. The average Bonchev–Trinajstić information content (AvgIpc) is 2.28. The van der Waals surface area contributed by atoms with Gasteiger partial charge in [0.2, 0.25) is 10.0 Å². The van der Waals surface area contributed by atoms with E-state index in [0.29, 0.717) is 25.9 Å². The van der Waals surface area contributed by atoms with Crippen molar-refractivity contribution in [3.05, 3.63) is 0 Å². The third-order valence-corrected chi connectivity index (χ3v) is 4.87. The molecule has 1 saturated heterocycles. The Morgan fingerprint density at radius 2 is 2.18 bits per heavy atom. The molecule has 0 aliphatic carbocycles. The van der Waals surface area contributed by atoms with E-state index in [-0.39, 0.29) is 12.5 Å². The van der Waals surface area contributed by atoms with Crippen LogP contribution in [0.3, 0.4) is 0 Å². The van der Waals surface area contributed by atoms with Gasteiger partial charge in [-0.25, -0.2) is 17.1 Å². The lowest BCUT2D eigenvalue weighted by molar-refractivity contribution is 0.105. The molecule has 102 valence electrons. The molecular formula is C11H23FN2O2S. The molecule has 2 unspecified atom stereocenters. The lowest BCUT2D eigenvalue weighted by Gasteiger charge is -2.34. The lowest BCUT2D eigenvalue weighted by Crippen LogP contribution is -2.43. The smallest absolute Gasteiger partial charge is 0.211 e. The number of hydrogen-bond acceptors (Lipinski definition) is 3. The van der Waals surface area contributed by atoms with E-state index in [9.17, 15) is 12.8 Å². The van der Waals surface area contributed by atoms with E-state index < -0.39 is 15.7 Å². The molecule has 0 aromatic carbocycles. The fourth-order valence-corrected chi connectivity index (χ4v) is 3.33. The van der Waals surface area contributed by atoms with Crippen molar-refractivity contribution in [2.24, 2.45) is 11.7 Å². The van der Waals surface area contributed by atoms with Gasteiger partial charge in [0.05, 0.1) is 6.26 Å². The highest BCUT2D eigenvalue weighted by molar-refractivity contribution is 7.88. The minimum atomic E-state index is -3.15. The Morgan fingerprint density at radius 1 is 1.53 bits per heavy atom. The summed E-state index contributed by atoms with van der Waals surface area (Å²) in [6, 6.07) is 0. The molecule has 2 atom stereocenters. The molecular weight excluding hydrogens is 243 g/mol. The van der Waals surface area contributed by atoms with Crippen LogP contribution in [0, 0.1) is 5.92 Å². The normalized spacial score (nSPS) is 26.7. The number of sulfonamides is 1. The summed E-state index contributed by atoms with van der Waals surface area (Å²) in [5.74, 6) is 0.0898. The van der Waals surface area contributed by atoms with Crippen molar-refractivity contribution in [2.45, 2.75) is 38.3 Å². The van der Waals surface area contributed by atoms with Crippen molar-refractivity contribution in [3.8, 4) is 0 Å². The molecule has 1 aliphatic heterocycles. The third kappa shape index (κ3) is 4.19. The second-order valence-electron chi connectivity index (χ2n) is 5.04. The van der Waals surface area contributed by atoms with Gasteiger partial charge in [-0.05, 0) is 31.6 Å². The maximum absolute atomic E-state index is 14.2. The molecule has 0 bridgehead atoms. The zero-order valence-electron chi connectivity index (χ0n) is 10.7. The lowest BCUT2D eigenvalue weighted by atomic mass is 9.86. The SMILES string of the molecule is CCC(F)(CN)CC1CCCN(S(C)(=O)=O)C1. The van der Waals surface area contributed by atoms with E-state index in [4.69, 9.17) is 5.73 Å². The Kier molecular flexibility index (Phi) is 4.92. The Bertz CT molecular complexity index is 341. The topological polar surface area (TPSA) is 63.4 Å². The van der Waals surface area contributed by atoms with Crippen molar-refractivity contribution in [2.75, 3.05) is 25.9 Å². The van der Waals surface area contributed by atoms with Gasteiger partial charge in [-0.1, -0.05) is 6.92 Å². The van der Waals surface area contributed by atoms with Gasteiger partial charge >= 0.3 is 0 Å². The van der Waals surface area contributed by atoms with E-state index in [1.54, 1.807) is 6.92 Å². The molecule has 17 heavy (non-hydrogen) atoms. The van der Waals surface area contributed by atoms with Crippen LogP contribution in [0.1, 0.15) is 32.6 Å². The van der Waals surface area contributed by atoms with Crippen LogP contribution >= 0.6 is 0 Å². The van der Waals surface area contributed by atoms with Crippen LogP contribution in [0.4, 0.5) is 4.39 Å². The van der Waals surface area contributed by atoms with Gasteiger partial charge in [-0.2, -0.15) is 0 Å². The largest absolute Gasteiger partial charge is 0.328 e. The Labute approximate surface area is 103 Å². The Balaban J connectivity index is 2.62. The molecule has 0 aromatic heterocycles. The summed E-state index contributed by atoms with van der Waals surface area (Å²) in [4.78, 5) is 0. The number of halogens is 1. The van der Waals surface area contributed by atoms with Gasteiger partial charge in [0.1, 0.15) is 5.67 Å². The first-order chi connectivity index (χ1) is 7.80. The van der Waals surface area contributed by atoms with Gasteiger partial charge in [0.15, 0.2) is 0 Å². The third-order valence-electron chi connectivity index (χ3n) is 3.60. The van der Waals surface area contributed by atoms with Crippen LogP contribution in [0.5, 0.6) is 0 Å². The van der Waals surface area contributed by atoms with Gasteiger partial charge in [0.25, 0.3) is 0 Å². The standard InChI is InChI=1S/C11H23FN2O2S/c1-3-11(12,9-13)7-10-5-4-6-14(8-10)17(2,15)16/h10H,3-9,13H2,1-2H3. The Hall–Kier alpha value is -0.200. The van der Waals surface area contributed by atoms with Crippen LogP contribution < -0.4 is 5.73 Å². The number of nitrogens with zero attached hydrogens (tertiary/aromatic N) is 1. The van der Waals surface area contributed by atoms with Crippen LogP contribution in [-0.2, 0) is 10.0 Å². The quantitative estimate of drug-likeness (QED) is 0.811. The summed E-state index contributed by atoms with van der Waals surface area (Å²) in [7, 11) is -3.15. The van der Waals surface area contributed by atoms with Crippen LogP contribution in [0.25, 0.3) is 0 Å².